The van der Waals surface area contributed by atoms with Gasteiger partial charge in [-0.05, 0) is 30.5 Å². The van der Waals surface area contributed by atoms with Gasteiger partial charge in [-0.2, -0.15) is 0 Å². The second-order valence-corrected chi connectivity index (χ2v) is 4.92. The standard InChI is InChI=1S/C15H17NO3/c1-18-13-7-10-9-5-3-4-6-12(9)16-15(17)11(10)8-14(13)19-2/h3-4,7-9,12H,5-6H2,1-2H3,(H,16,17)/t9-,12+/m0/s1. The quantitative estimate of drug-likeness (QED) is 0.829. The van der Waals surface area contributed by atoms with Crippen LogP contribution in [0.1, 0.15) is 34.7 Å². The van der Waals surface area contributed by atoms with Gasteiger partial charge in [0.05, 0.1) is 14.2 Å². The number of benzene rings is 1. The molecule has 1 aromatic carbocycles. The second kappa shape index (κ2) is 4.61. The van der Waals surface area contributed by atoms with Crippen LogP contribution < -0.4 is 14.8 Å². The summed E-state index contributed by atoms with van der Waals surface area (Å²) in [5, 5.41) is 3.08. The van der Waals surface area contributed by atoms with Gasteiger partial charge < -0.3 is 14.8 Å². The monoisotopic (exact) mass is 259 g/mol. The van der Waals surface area contributed by atoms with E-state index in [4.69, 9.17) is 9.47 Å². The molecule has 0 aromatic heterocycles. The summed E-state index contributed by atoms with van der Waals surface area (Å²) in [6.45, 7) is 0. The number of methoxy groups -OCH3 is 2. The first-order chi connectivity index (χ1) is 9.24. The van der Waals surface area contributed by atoms with Crippen LogP contribution in [0.3, 0.4) is 0 Å². The minimum absolute atomic E-state index is 0.0208. The van der Waals surface area contributed by atoms with Crippen molar-refractivity contribution in [2.45, 2.75) is 24.8 Å². The first-order valence-electron chi connectivity index (χ1n) is 6.46. The Hall–Kier alpha value is -1.97. The Morgan fingerprint density at radius 3 is 2.53 bits per heavy atom. The maximum Gasteiger partial charge on any atom is 0.251 e. The Bertz CT molecular complexity index is 551. The number of carbonyl (C=O) groups is 1. The number of hydrogen-bond donors (Lipinski definition) is 1. The summed E-state index contributed by atoms with van der Waals surface area (Å²) < 4.78 is 10.6. The first kappa shape index (κ1) is 12.1. The molecule has 19 heavy (non-hydrogen) atoms. The fourth-order valence-corrected chi connectivity index (χ4v) is 2.96. The Labute approximate surface area is 112 Å². The lowest BCUT2D eigenvalue weighted by Gasteiger charge is -2.35. The predicted molar refractivity (Wildman–Crippen MR) is 71.9 cm³/mol. The molecule has 2 aliphatic rings. The van der Waals surface area contributed by atoms with E-state index < -0.39 is 0 Å². The number of rotatable bonds is 2. The highest BCUT2D eigenvalue weighted by Gasteiger charge is 2.34. The van der Waals surface area contributed by atoms with Gasteiger partial charge in [-0.15, -0.1) is 0 Å². The van der Waals surface area contributed by atoms with Gasteiger partial charge in [0.2, 0.25) is 0 Å². The van der Waals surface area contributed by atoms with Crippen molar-refractivity contribution in [2.24, 2.45) is 0 Å². The van der Waals surface area contributed by atoms with Gasteiger partial charge in [-0.25, -0.2) is 0 Å². The molecule has 1 aliphatic heterocycles. The molecule has 0 spiro atoms. The molecule has 0 saturated heterocycles. The average molecular weight is 259 g/mol. The van der Waals surface area contributed by atoms with E-state index >= 15 is 0 Å². The third-order valence-corrected chi connectivity index (χ3v) is 3.95. The summed E-state index contributed by atoms with van der Waals surface area (Å²) in [4.78, 5) is 12.2. The molecular formula is C15H17NO3. The maximum atomic E-state index is 12.2. The van der Waals surface area contributed by atoms with Crippen molar-refractivity contribution in [1.29, 1.82) is 0 Å². The zero-order chi connectivity index (χ0) is 13.4. The molecule has 2 atom stereocenters. The molecule has 1 heterocycles. The Morgan fingerprint density at radius 1 is 1.11 bits per heavy atom. The Kier molecular flexibility index (Phi) is 2.93. The lowest BCUT2D eigenvalue weighted by Crippen LogP contribution is -2.44. The number of nitrogens with one attached hydrogen (secondary N) is 1. The number of carbonyl (C=O) groups excluding carboxylic acids is 1. The van der Waals surface area contributed by atoms with Crippen molar-refractivity contribution in [3.8, 4) is 11.5 Å². The van der Waals surface area contributed by atoms with Crippen LogP contribution in [0.2, 0.25) is 0 Å². The number of hydrogen-bond acceptors (Lipinski definition) is 3. The Balaban J connectivity index is 2.13. The minimum Gasteiger partial charge on any atom is -0.493 e. The molecule has 100 valence electrons. The lowest BCUT2D eigenvalue weighted by molar-refractivity contribution is 0.0913. The number of ether oxygens (including phenoxy) is 2. The van der Waals surface area contributed by atoms with Crippen LogP contribution in [-0.2, 0) is 0 Å². The second-order valence-electron chi connectivity index (χ2n) is 4.92. The lowest BCUT2D eigenvalue weighted by atomic mass is 9.78. The zero-order valence-electron chi connectivity index (χ0n) is 11.1. The molecule has 0 unspecified atom stereocenters. The molecule has 0 saturated carbocycles. The third-order valence-electron chi connectivity index (χ3n) is 3.95. The van der Waals surface area contributed by atoms with Gasteiger partial charge in [0, 0.05) is 17.5 Å². The number of fused-ring (bicyclic) bond motifs is 3. The molecule has 3 rings (SSSR count). The minimum atomic E-state index is -0.0208. The molecule has 0 radical (unpaired) electrons. The number of amides is 1. The van der Waals surface area contributed by atoms with Gasteiger partial charge in [0.15, 0.2) is 11.5 Å². The topological polar surface area (TPSA) is 47.6 Å². The largest absolute Gasteiger partial charge is 0.493 e. The van der Waals surface area contributed by atoms with E-state index in [2.05, 4.69) is 17.5 Å². The van der Waals surface area contributed by atoms with Crippen LogP contribution in [0.5, 0.6) is 11.5 Å². The molecule has 0 fully saturated rings. The normalized spacial score (nSPS) is 24.2. The number of allylic oxidation sites excluding steroid dienone is 1. The van der Waals surface area contributed by atoms with Crippen LogP contribution >= 0.6 is 0 Å². The van der Waals surface area contributed by atoms with Gasteiger partial charge in [-0.3, -0.25) is 4.79 Å². The highest BCUT2D eigenvalue weighted by molar-refractivity contribution is 5.98. The average Bonchev–Trinajstić information content (AvgIpc) is 2.46. The summed E-state index contributed by atoms with van der Waals surface area (Å²) >= 11 is 0. The maximum absolute atomic E-state index is 12.2. The van der Waals surface area contributed by atoms with E-state index in [9.17, 15) is 4.79 Å². The molecule has 0 bridgehead atoms. The first-order valence-corrected chi connectivity index (χ1v) is 6.46. The third kappa shape index (κ3) is 1.87. The van der Waals surface area contributed by atoms with E-state index in [0.29, 0.717) is 23.0 Å². The van der Waals surface area contributed by atoms with Crippen molar-refractivity contribution < 1.29 is 14.3 Å². The molecule has 1 amide bonds. The van der Waals surface area contributed by atoms with Crippen molar-refractivity contribution in [3.05, 3.63) is 35.4 Å². The molecule has 4 nitrogen and oxygen atoms in total. The van der Waals surface area contributed by atoms with E-state index in [-0.39, 0.29) is 11.9 Å². The smallest absolute Gasteiger partial charge is 0.251 e. The van der Waals surface area contributed by atoms with Gasteiger partial charge in [0.1, 0.15) is 0 Å². The predicted octanol–water partition coefficient (Wildman–Crippen LogP) is 2.25. The van der Waals surface area contributed by atoms with E-state index in [0.717, 1.165) is 18.4 Å². The Morgan fingerprint density at radius 2 is 1.79 bits per heavy atom. The van der Waals surface area contributed by atoms with Crippen LogP contribution in [0.25, 0.3) is 0 Å². The summed E-state index contributed by atoms with van der Waals surface area (Å²) in [6.07, 6.45) is 6.16. The summed E-state index contributed by atoms with van der Waals surface area (Å²) in [5.41, 5.74) is 1.77. The van der Waals surface area contributed by atoms with Crippen LogP contribution in [0.15, 0.2) is 24.3 Å². The van der Waals surface area contributed by atoms with Crippen molar-refractivity contribution in [2.75, 3.05) is 14.2 Å². The van der Waals surface area contributed by atoms with Gasteiger partial charge in [0.25, 0.3) is 5.91 Å². The van der Waals surface area contributed by atoms with E-state index in [1.807, 2.05) is 6.07 Å². The molecule has 1 aliphatic carbocycles. The molecule has 1 aromatic rings. The van der Waals surface area contributed by atoms with E-state index in [1.54, 1.807) is 20.3 Å². The summed E-state index contributed by atoms with van der Waals surface area (Å²) in [5.74, 6) is 1.59. The van der Waals surface area contributed by atoms with Crippen molar-refractivity contribution >= 4 is 5.91 Å². The fraction of sp³-hybridized carbons (Fsp3) is 0.400. The highest BCUT2D eigenvalue weighted by Crippen LogP contribution is 2.40. The van der Waals surface area contributed by atoms with Crippen molar-refractivity contribution in [1.82, 2.24) is 5.32 Å². The zero-order valence-corrected chi connectivity index (χ0v) is 11.1. The van der Waals surface area contributed by atoms with Crippen LogP contribution in [0, 0.1) is 0 Å². The van der Waals surface area contributed by atoms with Crippen LogP contribution in [-0.4, -0.2) is 26.2 Å². The highest BCUT2D eigenvalue weighted by atomic mass is 16.5. The SMILES string of the molecule is COc1cc2c(cc1OC)[C@@H]1CC=CC[C@H]1NC2=O. The fourth-order valence-electron chi connectivity index (χ4n) is 2.96. The molecule has 4 heteroatoms. The summed E-state index contributed by atoms with van der Waals surface area (Å²) in [6, 6.07) is 3.92. The molecular weight excluding hydrogens is 242 g/mol. The van der Waals surface area contributed by atoms with Gasteiger partial charge in [-0.1, -0.05) is 12.2 Å². The van der Waals surface area contributed by atoms with Crippen LogP contribution in [0.4, 0.5) is 0 Å². The summed E-state index contributed by atoms with van der Waals surface area (Å²) in [7, 11) is 3.20. The van der Waals surface area contributed by atoms with Crippen molar-refractivity contribution in [3.63, 3.8) is 0 Å². The van der Waals surface area contributed by atoms with E-state index in [1.165, 1.54) is 0 Å². The van der Waals surface area contributed by atoms with Gasteiger partial charge >= 0.3 is 0 Å². The molecule has 1 N–H and O–H groups in total.